The average molecular weight is 420 g/mol. The Hall–Kier alpha value is -1.37. The summed E-state index contributed by atoms with van der Waals surface area (Å²) in [7, 11) is 0. The van der Waals surface area contributed by atoms with E-state index in [4.69, 9.17) is 4.42 Å². The predicted octanol–water partition coefficient (Wildman–Crippen LogP) is 3.36. The number of hydrogen-bond donors (Lipinski definition) is 0. The number of benzene rings is 1. The van der Waals surface area contributed by atoms with Gasteiger partial charge >= 0.3 is 0 Å². The van der Waals surface area contributed by atoms with Gasteiger partial charge in [-0.1, -0.05) is 15.9 Å². The monoisotopic (exact) mass is 419 g/mol. The molecule has 0 bridgehead atoms. The first-order valence-corrected chi connectivity index (χ1v) is 10.3. The van der Waals surface area contributed by atoms with E-state index >= 15 is 0 Å². The summed E-state index contributed by atoms with van der Waals surface area (Å²) < 4.78 is 6.88. The van der Waals surface area contributed by atoms with Gasteiger partial charge in [0.05, 0.1) is 0 Å². The summed E-state index contributed by atoms with van der Waals surface area (Å²) in [5, 5.41) is 1.01. The molecule has 1 aromatic heterocycles. The van der Waals surface area contributed by atoms with E-state index in [9.17, 15) is 4.79 Å². The Morgan fingerprint density at radius 1 is 1.04 bits per heavy atom. The van der Waals surface area contributed by atoms with Gasteiger partial charge in [0.25, 0.3) is 5.91 Å². The Morgan fingerprint density at radius 3 is 2.38 bits per heavy atom. The molecule has 0 spiro atoms. The van der Waals surface area contributed by atoms with Gasteiger partial charge in [0.1, 0.15) is 5.58 Å². The molecule has 2 aliphatic rings. The molecule has 2 fully saturated rings. The van der Waals surface area contributed by atoms with Gasteiger partial charge in [0, 0.05) is 54.7 Å². The lowest BCUT2D eigenvalue weighted by atomic mass is 10.1. The molecule has 5 nitrogen and oxygen atoms in total. The minimum absolute atomic E-state index is 0.0222. The van der Waals surface area contributed by atoms with Crippen LogP contribution >= 0.6 is 15.9 Å². The lowest BCUT2D eigenvalue weighted by Crippen LogP contribution is -2.50. The van der Waals surface area contributed by atoms with Crippen LogP contribution in [0, 0.1) is 6.92 Å². The van der Waals surface area contributed by atoms with Crippen molar-refractivity contribution in [1.29, 1.82) is 0 Å². The Labute approximate surface area is 163 Å². The zero-order chi connectivity index (χ0) is 18.1. The van der Waals surface area contributed by atoms with E-state index in [2.05, 4.69) is 25.7 Å². The van der Waals surface area contributed by atoms with Gasteiger partial charge in [-0.3, -0.25) is 9.69 Å². The van der Waals surface area contributed by atoms with Crippen molar-refractivity contribution in [2.75, 3.05) is 52.4 Å². The minimum Gasteiger partial charge on any atom is -0.451 e. The van der Waals surface area contributed by atoms with E-state index in [-0.39, 0.29) is 5.91 Å². The number of carbonyl (C=O) groups is 1. The van der Waals surface area contributed by atoms with E-state index in [0.717, 1.165) is 60.3 Å². The molecular weight excluding hydrogens is 394 g/mol. The Balaban J connectivity index is 1.37. The number of hydrogen-bond acceptors (Lipinski definition) is 4. The van der Waals surface area contributed by atoms with Crippen molar-refractivity contribution in [1.82, 2.24) is 14.7 Å². The number of nitrogens with zero attached hydrogens (tertiary/aromatic N) is 3. The third kappa shape index (κ3) is 3.68. The molecule has 0 N–H and O–H groups in total. The number of fused-ring (bicyclic) bond motifs is 1. The molecule has 0 aliphatic carbocycles. The lowest BCUT2D eigenvalue weighted by Gasteiger charge is -2.35. The van der Waals surface area contributed by atoms with Crippen LogP contribution in [-0.4, -0.2) is 73.0 Å². The van der Waals surface area contributed by atoms with Gasteiger partial charge in [0.15, 0.2) is 5.76 Å². The number of amides is 1. The molecule has 0 saturated carbocycles. The summed E-state index contributed by atoms with van der Waals surface area (Å²) in [6.07, 6.45) is 2.69. The fourth-order valence-electron chi connectivity index (χ4n) is 4.00. The quantitative estimate of drug-likeness (QED) is 0.761. The van der Waals surface area contributed by atoms with Crippen LogP contribution in [0.1, 0.15) is 29.0 Å². The summed E-state index contributed by atoms with van der Waals surface area (Å²) in [4.78, 5) is 19.9. The number of halogens is 1. The smallest absolute Gasteiger partial charge is 0.289 e. The van der Waals surface area contributed by atoms with Crippen molar-refractivity contribution in [3.63, 3.8) is 0 Å². The highest BCUT2D eigenvalue weighted by Crippen LogP contribution is 2.29. The largest absolute Gasteiger partial charge is 0.451 e. The molecule has 0 unspecified atom stereocenters. The number of piperazine rings is 1. The first-order valence-electron chi connectivity index (χ1n) is 9.54. The minimum atomic E-state index is 0.0222. The third-order valence-electron chi connectivity index (χ3n) is 5.68. The van der Waals surface area contributed by atoms with Gasteiger partial charge in [0.2, 0.25) is 0 Å². The van der Waals surface area contributed by atoms with Crippen molar-refractivity contribution in [2.24, 2.45) is 0 Å². The Kier molecular flexibility index (Phi) is 5.34. The fraction of sp³-hybridized carbons (Fsp3) is 0.550. The SMILES string of the molecule is Cc1c(C(=O)N2CCN(CCN3CCCC3)CC2)oc2ccc(Br)cc12. The van der Waals surface area contributed by atoms with E-state index in [1.165, 1.54) is 25.9 Å². The molecule has 6 heteroatoms. The highest BCUT2D eigenvalue weighted by molar-refractivity contribution is 9.10. The van der Waals surface area contributed by atoms with Crippen LogP contribution in [-0.2, 0) is 0 Å². The Bertz CT molecular complexity index is 790. The van der Waals surface area contributed by atoms with E-state index in [1.807, 2.05) is 30.0 Å². The molecule has 1 amide bonds. The lowest BCUT2D eigenvalue weighted by molar-refractivity contribution is 0.0597. The first-order chi connectivity index (χ1) is 12.6. The van der Waals surface area contributed by atoms with Crippen molar-refractivity contribution >= 4 is 32.8 Å². The molecule has 2 aromatic rings. The molecule has 1 aromatic carbocycles. The van der Waals surface area contributed by atoms with Gasteiger partial charge in [-0.05, 0) is 51.1 Å². The van der Waals surface area contributed by atoms with Crippen molar-refractivity contribution < 1.29 is 9.21 Å². The molecule has 4 rings (SSSR count). The first kappa shape index (κ1) is 18.0. The molecule has 2 aliphatic heterocycles. The molecule has 0 radical (unpaired) electrons. The molecule has 2 saturated heterocycles. The van der Waals surface area contributed by atoms with Crippen LogP contribution in [0.25, 0.3) is 11.0 Å². The number of rotatable bonds is 4. The molecule has 0 atom stereocenters. The van der Waals surface area contributed by atoms with Crippen LogP contribution < -0.4 is 0 Å². The van der Waals surface area contributed by atoms with Crippen molar-refractivity contribution in [2.45, 2.75) is 19.8 Å². The summed E-state index contributed by atoms with van der Waals surface area (Å²) >= 11 is 3.49. The second-order valence-electron chi connectivity index (χ2n) is 7.38. The Morgan fingerprint density at radius 2 is 1.69 bits per heavy atom. The van der Waals surface area contributed by atoms with Crippen LogP contribution in [0.2, 0.25) is 0 Å². The van der Waals surface area contributed by atoms with Crippen molar-refractivity contribution in [3.8, 4) is 0 Å². The van der Waals surface area contributed by atoms with Crippen LogP contribution in [0.3, 0.4) is 0 Å². The number of likely N-dealkylation sites (tertiary alicyclic amines) is 1. The van der Waals surface area contributed by atoms with Gasteiger partial charge < -0.3 is 14.2 Å². The van der Waals surface area contributed by atoms with Crippen LogP contribution in [0.4, 0.5) is 0 Å². The summed E-state index contributed by atoms with van der Waals surface area (Å²) in [5.41, 5.74) is 1.71. The third-order valence-corrected chi connectivity index (χ3v) is 6.18. The number of furan rings is 1. The highest BCUT2D eigenvalue weighted by atomic mass is 79.9. The number of carbonyl (C=O) groups excluding carboxylic acids is 1. The molecular formula is C20H26BrN3O2. The topological polar surface area (TPSA) is 39.9 Å². The molecule has 26 heavy (non-hydrogen) atoms. The highest BCUT2D eigenvalue weighted by Gasteiger charge is 2.27. The summed E-state index contributed by atoms with van der Waals surface area (Å²) in [6.45, 7) is 10.2. The van der Waals surface area contributed by atoms with Gasteiger partial charge in [-0.2, -0.15) is 0 Å². The van der Waals surface area contributed by atoms with Gasteiger partial charge in [-0.15, -0.1) is 0 Å². The maximum Gasteiger partial charge on any atom is 0.289 e. The second kappa shape index (κ2) is 7.71. The van der Waals surface area contributed by atoms with Crippen LogP contribution in [0.5, 0.6) is 0 Å². The predicted molar refractivity (Wildman–Crippen MR) is 107 cm³/mol. The average Bonchev–Trinajstić information content (AvgIpc) is 3.28. The normalized spacial score (nSPS) is 19.5. The zero-order valence-electron chi connectivity index (χ0n) is 15.3. The van der Waals surface area contributed by atoms with Crippen molar-refractivity contribution in [3.05, 3.63) is 34.0 Å². The standard InChI is InChI=1S/C20H26BrN3O2/c1-15-17-14-16(21)4-5-18(17)26-19(15)20(25)24-12-10-23(11-13-24)9-8-22-6-2-3-7-22/h4-5,14H,2-3,6-13H2,1H3. The molecule has 140 valence electrons. The maximum absolute atomic E-state index is 12.9. The van der Waals surface area contributed by atoms with Gasteiger partial charge in [-0.25, -0.2) is 0 Å². The van der Waals surface area contributed by atoms with Crippen LogP contribution in [0.15, 0.2) is 27.1 Å². The van der Waals surface area contributed by atoms with E-state index in [1.54, 1.807) is 0 Å². The second-order valence-corrected chi connectivity index (χ2v) is 8.29. The van der Waals surface area contributed by atoms with E-state index in [0.29, 0.717) is 5.76 Å². The summed E-state index contributed by atoms with van der Waals surface area (Å²) in [6, 6.07) is 5.87. The fourth-order valence-corrected chi connectivity index (χ4v) is 4.37. The molecule has 3 heterocycles. The maximum atomic E-state index is 12.9. The zero-order valence-corrected chi connectivity index (χ0v) is 16.9. The number of aryl methyl sites for hydroxylation is 1. The van der Waals surface area contributed by atoms with E-state index < -0.39 is 0 Å². The summed E-state index contributed by atoms with van der Waals surface area (Å²) in [5.74, 6) is 0.512.